The van der Waals surface area contributed by atoms with Crippen LogP contribution in [0.1, 0.15) is 19.4 Å². The standard InChI is InChI=1S/C13H17BrFNO/c1-9-7-16(8-10(2)17-9)13-11(6-14)4-3-5-12(13)15/h3-5,9-10H,6-8H2,1-2H3. The first-order valence-corrected chi connectivity index (χ1v) is 6.97. The van der Waals surface area contributed by atoms with Crippen molar-refractivity contribution in [1.82, 2.24) is 0 Å². The highest BCUT2D eigenvalue weighted by molar-refractivity contribution is 9.08. The molecule has 1 heterocycles. The van der Waals surface area contributed by atoms with Gasteiger partial charge in [-0.2, -0.15) is 0 Å². The Labute approximate surface area is 110 Å². The summed E-state index contributed by atoms with van der Waals surface area (Å²) in [6.07, 6.45) is 0.281. The molecule has 2 unspecified atom stereocenters. The Bertz CT molecular complexity index is 389. The summed E-state index contributed by atoms with van der Waals surface area (Å²) in [5, 5.41) is 0.667. The molecular formula is C13H17BrFNO. The summed E-state index contributed by atoms with van der Waals surface area (Å²) in [4.78, 5) is 2.09. The Kier molecular flexibility index (Phi) is 4.05. The van der Waals surface area contributed by atoms with E-state index < -0.39 is 0 Å². The molecule has 0 radical (unpaired) electrons. The van der Waals surface area contributed by atoms with Crippen molar-refractivity contribution >= 4 is 21.6 Å². The van der Waals surface area contributed by atoms with Crippen LogP contribution >= 0.6 is 15.9 Å². The molecule has 1 aromatic carbocycles. The van der Waals surface area contributed by atoms with Crippen LogP contribution in [-0.4, -0.2) is 25.3 Å². The lowest BCUT2D eigenvalue weighted by molar-refractivity contribution is -0.00542. The van der Waals surface area contributed by atoms with Crippen LogP contribution in [0, 0.1) is 5.82 Å². The minimum Gasteiger partial charge on any atom is -0.372 e. The van der Waals surface area contributed by atoms with Gasteiger partial charge in [0.15, 0.2) is 0 Å². The van der Waals surface area contributed by atoms with Crippen molar-refractivity contribution in [2.24, 2.45) is 0 Å². The van der Waals surface area contributed by atoms with Crippen LogP contribution in [0.25, 0.3) is 0 Å². The Hall–Kier alpha value is -0.610. The monoisotopic (exact) mass is 301 g/mol. The Morgan fingerprint density at radius 2 is 2.00 bits per heavy atom. The topological polar surface area (TPSA) is 12.5 Å². The van der Waals surface area contributed by atoms with Gasteiger partial charge in [0.2, 0.25) is 0 Å². The third-order valence-electron chi connectivity index (χ3n) is 2.95. The van der Waals surface area contributed by atoms with E-state index in [2.05, 4.69) is 20.8 Å². The second-order valence-electron chi connectivity index (χ2n) is 4.54. The Morgan fingerprint density at radius 3 is 2.59 bits per heavy atom. The van der Waals surface area contributed by atoms with Gasteiger partial charge in [-0.25, -0.2) is 4.39 Å². The van der Waals surface area contributed by atoms with Crippen LogP contribution in [-0.2, 0) is 10.1 Å². The van der Waals surface area contributed by atoms with Crippen molar-refractivity contribution in [1.29, 1.82) is 0 Å². The van der Waals surface area contributed by atoms with Crippen molar-refractivity contribution in [3.8, 4) is 0 Å². The van der Waals surface area contributed by atoms with Gasteiger partial charge < -0.3 is 9.64 Å². The van der Waals surface area contributed by atoms with Crippen LogP contribution in [0.4, 0.5) is 10.1 Å². The zero-order valence-corrected chi connectivity index (χ0v) is 11.7. The molecule has 0 aliphatic carbocycles. The number of alkyl halides is 1. The molecule has 4 heteroatoms. The predicted molar refractivity (Wildman–Crippen MR) is 71.3 cm³/mol. The number of halogens is 2. The van der Waals surface area contributed by atoms with E-state index in [9.17, 15) is 4.39 Å². The van der Waals surface area contributed by atoms with Crippen LogP contribution in [0.15, 0.2) is 18.2 Å². The van der Waals surface area contributed by atoms with Crippen LogP contribution in [0.5, 0.6) is 0 Å². The van der Waals surface area contributed by atoms with Crippen molar-refractivity contribution in [2.75, 3.05) is 18.0 Å². The normalized spacial score (nSPS) is 25.1. The van der Waals surface area contributed by atoms with E-state index >= 15 is 0 Å². The summed E-state index contributed by atoms with van der Waals surface area (Å²) in [7, 11) is 0. The summed E-state index contributed by atoms with van der Waals surface area (Å²) < 4.78 is 19.6. The van der Waals surface area contributed by atoms with Gasteiger partial charge >= 0.3 is 0 Å². The van der Waals surface area contributed by atoms with E-state index in [1.165, 1.54) is 6.07 Å². The molecule has 2 rings (SSSR count). The minimum absolute atomic E-state index is 0.140. The van der Waals surface area contributed by atoms with Gasteiger partial charge in [0, 0.05) is 18.4 Å². The molecule has 0 saturated carbocycles. The Morgan fingerprint density at radius 1 is 1.35 bits per heavy atom. The van der Waals surface area contributed by atoms with Crippen LogP contribution in [0.2, 0.25) is 0 Å². The molecule has 2 atom stereocenters. The summed E-state index contributed by atoms with van der Waals surface area (Å²) >= 11 is 3.41. The van der Waals surface area contributed by atoms with E-state index in [0.29, 0.717) is 11.0 Å². The third kappa shape index (κ3) is 2.80. The molecule has 0 amide bonds. The molecule has 1 fully saturated rings. The smallest absolute Gasteiger partial charge is 0.146 e. The molecule has 1 aromatic rings. The summed E-state index contributed by atoms with van der Waals surface area (Å²) in [6.45, 7) is 5.53. The molecule has 0 spiro atoms. The highest BCUT2D eigenvalue weighted by Crippen LogP contribution is 2.29. The van der Waals surface area contributed by atoms with E-state index in [4.69, 9.17) is 4.74 Å². The minimum atomic E-state index is -0.150. The van der Waals surface area contributed by atoms with Crippen molar-refractivity contribution in [3.05, 3.63) is 29.6 Å². The maximum atomic E-state index is 14.0. The van der Waals surface area contributed by atoms with Crippen molar-refractivity contribution in [2.45, 2.75) is 31.4 Å². The molecule has 0 bridgehead atoms. The molecule has 1 saturated heterocycles. The first-order chi connectivity index (χ1) is 8.11. The predicted octanol–water partition coefficient (Wildman–Crippen LogP) is 3.33. The van der Waals surface area contributed by atoms with E-state index in [0.717, 1.165) is 18.7 Å². The number of rotatable bonds is 2. The molecule has 0 aromatic heterocycles. The zero-order valence-electron chi connectivity index (χ0n) is 10.1. The number of anilines is 1. The molecule has 1 aliphatic rings. The molecule has 17 heavy (non-hydrogen) atoms. The second kappa shape index (κ2) is 5.36. The maximum absolute atomic E-state index is 14.0. The molecule has 0 N–H and O–H groups in total. The number of nitrogens with zero attached hydrogens (tertiary/aromatic N) is 1. The summed E-state index contributed by atoms with van der Waals surface area (Å²) in [6, 6.07) is 5.23. The van der Waals surface area contributed by atoms with Gasteiger partial charge in [-0.05, 0) is 25.5 Å². The average molecular weight is 302 g/mol. The number of hydrogen-bond donors (Lipinski definition) is 0. The number of benzene rings is 1. The maximum Gasteiger partial charge on any atom is 0.146 e. The van der Waals surface area contributed by atoms with Gasteiger partial charge in [-0.1, -0.05) is 28.1 Å². The van der Waals surface area contributed by atoms with Gasteiger partial charge in [-0.15, -0.1) is 0 Å². The summed E-state index contributed by atoms with van der Waals surface area (Å²) in [5.41, 5.74) is 1.71. The van der Waals surface area contributed by atoms with Crippen molar-refractivity contribution < 1.29 is 9.13 Å². The lowest BCUT2D eigenvalue weighted by Gasteiger charge is -2.37. The number of ether oxygens (including phenoxy) is 1. The first-order valence-electron chi connectivity index (χ1n) is 5.85. The number of hydrogen-bond acceptors (Lipinski definition) is 2. The molecular weight excluding hydrogens is 285 g/mol. The van der Waals surface area contributed by atoms with Gasteiger partial charge in [0.1, 0.15) is 5.82 Å². The van der Waals surface area contributed by atoms with E-state index in [1.54, 1.807) is 6.07 Å². The third-order valence-corrected chi connectivity index (χ3v) is 3.55. The first kappa shape index (κ1) is 12.8. The highest BCUT2D eigenvalue weighted by atomic mass is 79.9. The quantitative estimate of drug-likeness (QED) is 0.777. The summed E-state index contributed by atoms with van der Waals surface area (Å²) in [5.74, 6) is -0.150. The molecule has 2 nitrogen and oxygen atoms in total. The van der Waals surface area contributed by atoms with Crippen LogP contribution < -0.4 is 4.90 Å². The fourth-order valence-corrected chi connectivity index (χ4v) is 2.83. The number of morpholine rings is 1. The highest BCUT2D eigenvalue weighted by Gasteiger charge is 2.25. The van der Waals surface area contributed by atoms with Gasteiger partial charge in [0.25, 0.3) is 0 Å². The zero-order chi connectivity index (χ0) is 12.4. The largest absolute Gasteiger partial charge is 0.372 e. The Balaban J connectivity index is 2.32. The van der Waals surface area contributed by atoms with E-state index in [1.807, 2.05) is 19.9 Å². The molecule has 1 aliphatic heterocycles. The van der Waals surface area contributed by atoms with Crippen molar-refractivity contribution in [3.63, 3.8) is 0 Å². The fourth-order valence-electron chi connectivity index (χ4n) is 2.38. The fraction of sp³-hybridized carbons (Fsp3) is 0.538. The van der Waals surface area contributed by atoms with Gasteiger partial charge in [-0.3, -0.25) is 0 Å². The second-order valence-corrected chi connectivity index (χ2v) is 5.10. The lowest BCUT2D eigenvalue weighted by atomic mass is 10.1. The van der Waals surface area contributed by atoms with Gasteiger partial charge in [0.05, 0.1) is 17.9 Å². The van der Waals surface area contributed by atoms with Crippen LogP contribution in [0.3, 0.4) is 0 Å². The van der Waals surface area contributed by atoms with E-state index in [-0.39, 0.29) is 18.0 Å². The average Bonchev–Trinajstić information content (AvgIpc) is 2.27. The SMILES string of the molecule is CC1CN(c2c(F)cccc2CBr)CC(C)O1. The number of para-hydroxylation sites is 1. The molecule has 94 valence electrons. The lowest BCUT2D eigenvalue weighted by Crippen LogP contribution is -2.46.